The minimum absolute atomic E-state index is 0.294. The summed E-state index contributed by atoms with van der Waals surface area (Å²) in [5.41, 5.74) is 2.65. The van der Waals surface area contributed by atoms with Crippen molar-refractivity contribution in [3.63, 3.8) is 0 Å². The van der Waals surface area contributed by atoms with Crippen LogP contribution in [0.25, 0.3) is 0 Å². The van der Waals surface area contributed by atoms with Crippen LogP contribution in [0.15, 0.2) is 73.2 Å². The molecule has 0 unspecified atom stereocenters. The molecule has 3 N–H and O–H groups in total. The Morgan fingerprint density at radius 2 is 1.48 bits per heavy atom. The summed E-state index contributed by atoms with van der Waals surface area (Å²) in [6.07, 6.45) is 0.711. The number of hydrogen-bond donors (Lipinski definition) is 3. The van der Waals surface area contributed by atoms with Crippen LogP contribution >= 0.6 is 0 Å². The molecule has 0 aliphatic rings. The Hall–Kier alpha value is -2.51. The van der Waals surface area contributed by atoms with Crippen molar-refractivity contribution < 1.29 is 19.7 Å². The first kappa shape index (κ1) is 19.3. The lowest BCUT2D eigenvalue weighted by Crippen LogP contribution is -2.38. The maximum atomic E-state index is 10.4. The molecular weight excluding hydrogens is 344 g/mol. The van der Waals surface area contributed by atoms with Gasteiger partial charge in [-0.25, -0.2) is 4.98 Å². The molecule has 0 saturated heterocycles. The van der Waals surface area contributed by atoms with E-state index in [0.717, 1.165) is 11.1 Å². The lowest BCUT2D eigenvalue weighted by molar-refractivity contribution is -0.144. The predicted molar refractivity (Wildman–Crippen MR) is 101 cm³/mol. The molecule has 0 radical (unpaired) electrons. The van der Waals surface area contributed by atoms with Crippen molar-refractivity contribution in [3.05, 3.63) is 90.0 Å². The molecule has 6 nitrogen and oxygen atoms in total. The number of hydrogen-bond acceptors (Lipinski definition) is 5. The molecule has 3 atom stereocenters. The van der Waals surface area contributed by atoms with E-state index in [-0.39, 0.29) is 0 Å². The summed E-state index contributed by atoms with van der Waals surface area (Å²) in [4.78, 5) is 7.07. The molecular formula is C21H24N2O4. The van der Waals surface area contributed by atoms with Crippen molar-refractivity contribution in [3.8, 4) is 0 Å². The SMILES string of the molecule is OC[C@@H](O)[C@@H](OCc1ccccc1)[C@H](OCc1ccccc1)c1cnc[nH]1. The fourth-order valence-corrected chi connectivity index (χ4v) is 2.81. The molecule has 1 aromatic heterocycles. The molecule has 27 heavy (non-hydrogen) atoms. The lowest BCUT2D eigenvalue weighted by atomic mass is 10.1. The summed E-state index contributed by atoms with van der Waals surface area (Å²) in [6, 6.07) is 19.4. The number of rotatable bonds is 10. The van der Waals surface area contributed by atoms with Gasteiger partial charge in [-0.15, -0.1) is 0 Å². The third-order valence-corrected chi connectivity index (χ3v) is 4.25. The average Bonchev–Trinajstić information content (AvgIpc) is 3.26. The Bertz CT molecular complexity index is 765. The molecule has 0 aliphatic carbocycles. The van der Waals surface area contributed by atoms with E-state index >= 15 is 0 Å². The normalized spacial score (nSPS) is 14.6. The van der Waals surface area contributed by atoms with Gasteiger partial charge < -0.3 is 24.7 Å². The van der Waals surface area contributed by atoms with E-state index in [9.17, 15) is 10.2 Å². The molecule has 3 rings (SSSR count). The average molecular weight is 368 g/mol. The minimum atomic E-state index is -1.10. The summed E-state index contributed by atoms with van der Waals surface area (Å²) >= 11 is 0. The first-order valence-electron chi connectivity index (χ1n) is 8.86. The molecule has 6 heteroatoms. The highest BCUT2D eigenvalue weighted by atomic mass is 16.5. The Morgan fingerprint density at radius 1 is 0.889 bits per heavy atom. The van der Waals surface area contributed by atoms with E-state index in [0.29, 0.717) is 18.9 Å². The van der Waals surface area contributed by atoms with Crippen LogP contribution in [0, 0.1) is 0 Å². The third-order valence-electron chi connectivity index (χ3n) is 4.25. The molecule has 0 saturated carbocycles. The second kappa shape index (κ2) is 9.99. The van der Waals surface area contributed by atoms with E-state index in [1.807, 2.05) is 60.7 Å². The molecule has 0 aliphatic heterocycles. The van der Waals surface area contributed by atoms with Gasteiger partial charge in [0.1, 0.15) is 18.3 Å². The van der Waals surface area contributed by atoms with Crippen LogP contribution in [0.5, 0.6) is 0 Å². The molecule has 2 aromatic carbocycles. The first-order valence-corrected chi connectivity index (χ1v) is 8.86. The number of aromatic nitrogens is 2. The van der Waals surface area contributed by atoms with Crippen LogP contribution < -0.4 is 0 Å². The summed E-state index contributed by atoms with van der Waals surface area (Å²) in [5.74, 6) is 0. The number of nitrogens with zero attached hydrogens (tertiary/aromatic N) is 1. The highest BCUT2D eigenvalue weighted by Crippen LogP contribution is 2.26. The van der Waals surface area contributed by atoms with Gasteiger partial charge in [-0.3, -0.25) is 0 Å². The Kier molecular flexibility index (Phi) is 7.12. The number of imidazole rings is 1. The molecule has 3 aromatic rings. The molecule has 0 bridgehead atoms. The molecule has 0 spiro atoms. The number of benzene rings is 2. The van der Waals surface area contributed by atoms with Gasteiger partial charge in [0.25, 0.3) is 0 Å². The van der Waals surface area contributed by atoms with Gasteiger partial charge in [0.05, 0.1) is 38.0 Å². The van der Waals surface area contributed by atoms with Crippen LogP contribution in [-0.4, -0.2) is 39.0 Å². The second-order valence-corrected chi connectivity index (χ2v) is 6.24. The van der Waals surface area contributed by atoms with Crippen LogP contribution in [0.4, 0.5) is 0 Å². The number of aromatic amines is 1. The number of nitrogens with one attached hydrogen (secondary N) is 1. The maximum absolute atomic E-state index is 10.4. The Morgan fingerprint density at radius 3 is 2.00 bits per heavy atom. The number of H-pyrrole nitrogens is 1. The van der Waals surface area contributed by atoms with E-state index in [1.54, 1.807) is 12.5 Å². The van der Waals surface area contributed by atoms with E-state index < -0.39 is 24.9 Å². The Labute approximate surface area is 158 Å². The van der Waals surface area contributed by atoms with Gasteiger partial charge in [0, 0.05) is 0 Å². The first-order chi connectivity index (χ1) is 13.3. The van der Waals surface area contributed by atoms with Gasteiger partial charge in [0.15, 0.2) is 0 Å². The van der Waals surface area contributed by atoms with Crippen molar-refractivity contribution in [2.75, 3.05) is 6.61 Å². The van der Waals surface area contributed by atoms with Crippen LogP contribution in [-0.2, 0) is 22.7 Å². The zero-order chi connectivity index (χ0) is 18.9. The predicted octanol–water partition coefficient (Wildman–Crippen LogP) is 2.61. The summed E-state index contributed by atoms with van der Waals surface area (Å²) in [5, 5.41) is 19.9. The van der Waals surface area contributed by atoms with Gasteiger partial charge in [0.2, 0.25) is 0 Å². The van der Waals surface area contributed by atoms with Crippen molar-refractivity contribution >= 4 is 0 Å². The lowest BCUT2D eigenvalue weighted by Gasteiger charge is -2.29. The fraction of sp³-hybridized carbons (Fsp3) is 0.286. The van der Waals surface area contributed by atoms with Crippen LogP contribution in [0.3, 0.4) is 0 Å². The van der Waals surface area contributed by atoms with Crippen molar-refractivity contribution in [2.24, 2.45) is 0 Å². The molecule has 0 amide bonds. The van der Waals surface area contributed by atoms with E-state index in [4.69, 9.17) is 9.47 Å². The van der Waals surface area contributed by atoms with Gasteiger partial charge in [-0.05, 0) is 11.1 Å². The maximum Gasteiger partial charge on any atom is 0.128 e. The van der Waals surface area contributed by atoms with Gasteiger partial charge >= 0.3 is 0 Å². The molecule has 142 valence electrons. The van der Waals surface area contributed by atoms with Crippen LogP contribution in [0.1, 0.15) is 22.9 Å². The monoisotopic (exact) mass is 368 g/mol. The fourth-order valence-electron chi connectivity index (χ4n) is 2.81. The smallest absolute Gasteiger partial charge is 0.128 e. The summed E-state index contributed by atoms with van der Waals surface area (Å²) < 4.78 is 12.1. The van der Waals surface area contributed by atoms with E-state index in [1.165, 1.54) is 0 Å². The van der Waals surface area contributed by atoms with Gasteiger partial charge in [-0.2, -0.15) is 0 Å². The minimum Gasteiger partial charge on any atom is -0.394 e. The highest BCUT2D eigenvalue weighted by Gasteiger charge is 2.32. The van der Waals surface area contributed by atoms with Gasteiger partial charge in [-0.1, -0.05) is 60.7 Å². The van der Waals surface area contributed by atoms with Crippen molar-refractivity contribution in [2.45, 2.75) is 31.5 Å². The summed E-state index contributed by atoms with van der Waals surface area (Å²) in [6.45, 7) is 0.203. The summed E-state index contributed by atoms with van der Waals surface area (Å²) in [7, 11) is 0. The largest absolute Gasteiger partial charge is 0.394 e. The topological polar surface area (TPSA) is 87.6 Å². The second-order valence-electron chi connectivity index (χ2n) is 6.24. The quantitative estimate of drug-likeness (QED) is 0.512. The zero-order valence-corrected chi connectivity index (χ0v) is 14.9. The van der Waals surface area contributed by atoms with E-state index in [2.05, 4.69) is 9.97 Å². The Balaban J connectivity index is 1.76. The highest BCUT2D eigenvalue weighted by molar-refractivity contribution is 5.15. The van der Waals surface area contributed by atoms with Crippen LogP contribution in [0.2, 0.25) is 0 Å². The number of ether oxygens (including phenoxy) is 2. The van der Waals surface area contributed by atoms with Crippen molar-refractivity contribution in [1.82, 2.24) is 9.97 Å². The zero-order valence-electron chi connectivity index (χ0n) is 14.9. The molecule has 0 fully saturated rings. The molecule has 1 heterocycles. The number of aliphatic hydroxyl groups is 2. The number of aliphatic hydroxyl groups excluding tert-OH is 2. The van der Waals surface area contributed by atoms with Crippen molar-refractivity contribution in [1.29, 1.82) is 0 Å². The third kappa shape index (κ3) is 5.48. The standard InChI is InChI=1S/C21H24N2O4/c24-12-19(25)21(27-14-17-9-5-2-6-10-17)20(18-11-22-15-23-18)26-13-16-7-3-1-4-8-16/h1-11,15,19-21,24-25H,12-14H2,(H,22,23)/t19-,20-,21-/m1/s1.